The number of methoxy groups -OCH3 is 1. The Hall–Kier alpha value is -4.64. The van der Waals surface area contributed by atoms with Gasteiger partial charge in [-0.3, -0.25) is 4.79 Å². The Morgan fingerprint density at radius 1 is 0.974 bits per heavy atom. The summed E-state index contributed by atoms with van der Waals surface area (Å²) in [5.41, 5.74) is 9.01. The normalized spacial score (nSPS) is 11.2. The van der Waals surface area contributed by atoms with Crippen LogP contribution < -0.4 is 19.9 Å². The number of aryl methyl sites for hydroxylation is 3. The van der Waals surface area contributed by atoms with Gasteiger partial charge in [0.25, 0.3) is 15.9 Å². The zero-order chi connectivity index (χ0) is 27.6. The van der Waals surface area contributed by atoms with Crippen LogP contribution in [-0.4, -0.2) is 36.5 Å². The molecule has 0 unspecified atom stereocenters. The molecule has 2 heterocycles. The van der Waals surface area contributed by atoms with Gasteiger partial charge in [0.15, 0.2) is 16.5 Å². The first-order valence-corrected chi connectivity index (χ1v) is 12.9. The van der Waals surface area contributed by atoms with Crippen molar-refractivity contribution in [3.8, 4) is 34.4 Å². The number of phenolic OH excluding ortho intramolecular Hbond substituents is 1. The van der Waals surface area contributed by atoms with E-state index in [0.29, 0.717) is 17.0 Å². The second-order valence-corrected chi connectivity index (χ2v) is 10.2. The second kappa shape index (κ2) is 10.4. The Labute approximate surface area is 220 Å². The number of amides is 1. The van der Waals surface area contributed by atoms with E-state index in [1.807, 2.05) is 37.6 Å². The third-order valence-corrected chi connectivity index (χ3v) is 6.86. The smallest absolute Gasteiger partial charge is 0.281 e. The quantitative estimate of drug-likeness (QED) is 0.315. The fourth-order valence-electron chi connectivity index (χ4n) is 3.94. The second-order valence-electron chi connectivity index (χ2n) is 8.60. The summed E-state index contributed by atoms with van der Waals surface area (Å²) in [6.07, 6.45) is 0. The predicted molar refractivity (Wildman–Crippen MR) is 142 cm³/mol. The average molecular weight is 535 g/mol. The first kappa shape index (κ1) is 26.4. The number of rotatable bonds is 7. The van der Waals surface area contributed by atoms with Gasteiger partial charge >= 0.3 is 0 Å². The molecule has 0 bridgehead atoms. The molecule has 0 aliphatic carbocycles. The van der Waals surface area contributed by atoms with Crippen molar-refractivity contribution in [2.45, 2.75) is 25.8 Å². The number of anilines is 1. The molecule has 0 fully saturated rings. The summed E-state index contributed by atoms with van der Waals surface area (Å²) in [5, 5.41) is 9.82. The first-order valence-electron chi connectivity index (χ1n) is 11.4. The van der Waals surface area contributed by atoms with Crippen LogP contribution in [0.1, 0.15) is 27.0 Å². The molecule has 196 valence electrons. The van der Waals surface area contributed by atoms with Crippen molar-refractivity contribution in [2.75, 3.05) is 12.8 Å². The van der Waals surface area contributed by atoms with Crippen LogP contribution in [0.2, 0.25) is 0 Å². The number of nitrogens with one attached hydrogen (secondary N) is 1. The van der Waals surface area contributed by atoms with Crippen molar-refractivity contribution in [3.05, 3.63) is 82.9 Å². The van der Waals surface area contributed by atoms with Crippen molar-refractivity contribution in [1.82, 2.24) is 14.7 Å². The lowest BCUT2D eigenvalue weighted by Crippen LogP contribution is -2.31. The van der Waals surface area contributed by atoms with Crippen LogP contribution in [0, 0.1) is 20.8 Å². The molecule has 2 aromatic carbocycles. The van der Waals surface area contributed by atoms with Gasteiger partial charge in [0.1, 0.15) is 17.1 Å². The molecule has 11 heteroatoms. The van der Waals surface area contributed by atoms with E-state index in [9.17, 15) is 18.3 Å². The largest absolute Gasteiger partial charge is 0.504 e. The maximum absolute atomic E-state index is 13.2. The van der Waals surface area contributed by atoms with Gasteiger partial charge in [0, 0.05) is 5.56 Å². The van der Waals surface area contributed by atoms with E-state index in [2.05, 4.69) is 9.97 Å². The number of hydrogen-bond donors (Lipinski definition) is 3. The molecule has 1 amide bonds. The Morgan fingerprint density at radius 2 is 1.68 bits per heavy atom. The molecule has 4 aromatic rings. The highest BCUT2D eigenvalue weighted by molar-refractivity contribution is 7.90. The lowest BCUT2D eigenvalue weighted by atomic mass is 10.1. The first-order chi connectivity index (χ1) is 18.0. The van der Waals surface area contributed by atoms with E-state index in [0.717, 1.165) is 16.7 Å². The zero-order valence-electron chi connectivity index (χ0n) is 21.1. The molecule has 10 nitrogen and oxygen atoms in total. The number of carbonyl (C=O) groups is 1. The molecule has 0 saturated heterocycles. The van der Waals surface area contributed by atoms with Crippen LogP contribution in [-0.2, 0) is 10.0 Å². The number of nitrogens with two attached hydrogens (primary N) is 1. The molecule has 2 aromatic heterocycles. The number of sulfonamides is 1. The third kappa shape index (κ3) is 5.52. The van der Waals surface area contributed by atoms with Gasteiger partial charge in [-0.15, -0.1) is 0 Å². The molecule has 4 N–H and O–H groups in total. The van der Waals surface area contributed by atoms with Crippen molar-refractivity contribution < 1.29 is 27.8 Å². The molecule has 4 rings (SSSR count). The van der Waals surface area contributed by atoms with Crippen LogP contribution >= 0.6 is 0 Å². The van der Waals surface area contributed by atoms with Crippen LogP contribution in [0.4, 0.5) is 5.82 Å². The van der Waals surface area contributed by atoms with Gasteiger partial charge < -0.3 is 20.3 Å². The highest BCUT2D eigenvalue weighted by atomic mass is 32.2. The highest BCUT2D eigenvalue weighted by Crippen LogP contribution is 2.35. The molecule has 0 aliphatic heterocycles. The van der Waals surface area contributed by atoms with Gasteiger partial charge in [0.2, 0.25) is 5.88 Å². The molecule has 0 spiro atoms. The number of aromatic hydroxyl groups is 1. The van der Waals surface area contributed by atoms with Crippen LogP contribution in [0.3, 0.4) is 0 Å². The molecular weight excluding hydrogens is 508 g/mol. The minimum Gasteiger partial charge on any atom is -0.504 e. The lowest BCUT2D eigenvalue weighted by molar-refractivity contribution is 0.0978. The Morgan fingerprint density at radius 3 is 2.32 bits per heavy atom. The van der Waals surface area contributed by atoms with E-state index >= 15 is 0 Å². The van der Waals surface area contributed by atoms with Gasteiger partial charge in [-0.2, -0.15) is 8.42 Å². The Bertz CT molecular complexity index is 1630. The molecule has 0 radical (unpaired) electrons. The Kier molecular flexibility index (Phi) is 7.22. The maximum atomic E-state index is 13.2. The summed E-state index contributed by atoms with van der Waals surface area (Å²) in [6, 6.07) is 15.5. The summed E-state index contributed by atoms with van der Waals surface area (Å²) in [5.74, 6) is -0.436. The number of nitrogens with zero attached hydrogens (tertiary/aromatic N) is 2. The lowest BCUT2D eigenvalue weighted by Gasteiger charge is -2.16. The summed E-state index contributed by atoms with van der Waals surface area (Å²) < 4.78 is 38.9. The SMILES string of the molecule is COc1ccc(-c2ccc(C(=O)NS(=O)(=O)c3cccc(N)n3)c(Oc3c(C)cc(C)cc3C)n2)cc1O. The molecule has 0 aliphatic rings. The number of phenols is 1. The van der Waals surface area contributed by atoms with E-state index in [-0.39, 0.29) is 28.8 Å². The highest BCUT2D eigenvalue weighted by Gasteiger charge is 2.25. The molecular formula is C27H26N4O6S. The minimum atomic E-state index is -4.34. The summed E-state index contributed by atoms with van der Waals surface area (Å²) in [6.45, 7) is 5.67. The van der Waals surface area contributed by atoms with Crippen molar-refractivity contribution in [3.63, 3.8) is 0 Å². The number of ether oxygens (including phenoxy) is 2. The fraction of sp³-hybridized carbons (Fsp3) is 0.148. The number of benzene rings is 2. The van der Waals surface area contributed by atoms with E-state index in [1.54, 1.807) is 12.1 Å². The van der Waals surface area contributed by atoms with E-state index in [4.69, 9.17) is 15.2 Å². The number of carbonyl (C=O) groups excluding carboxylic acids is 1. The number of pyridine rings is 2. The average Bonchev–Trinajstić information content (AvgIpc) is 2.85. The van der Waals surface area contributed by atoms with Crippen LogP contribution in [0.5, 0.6) is 23.1 Å². The minimum absolute atomic E-state index is 0.0107. The summed E-state index contributed by atoms with van der Waals surface area (Å²) >= 11 is 0. The molecule has 0 atom stereocenters. The summed E-state index contributed by atoms with van der Waals surface area (Å²) in [4.78, 5) is 21.5. The molecule has 0 saturated carbocycles. The van der Waals surface area contributed by atoms with Gasteiger partial charge in [0.05, 0.1) is 12.8 Å². The molecule has 38 heavy (non-hydrogen) atoms. The van der Waals surface area contributed by atoms with Crippen molar-refractivity contribution in [1.29, 1.82) is 0 Å². The predicted octanol–water partition coefficient (Wildman–Crippen LogP) is 4.28. The van der Waals surface area contributed by atoms with E-state index < -0.39 is 21.0 Å². The topological polar surface area (TPSA) is 154 Å². The maximum Gasteiger partial charge on any atom is 0.281 e. The number of hydrogen-bond acceptors (Lipinski definition) is 9. The number of nitrogen functional groups attached to an aromatic ring is 1. The zero-order valence-corrected chi connectivity index (χ0v) is 22.0. The summed E-state index contributed by atoms with van der Waals surface area (Å²) in [7, 11) is -2.90. The standard InChI is InChI=1S/C27H26N4O6S/c1-15-12-16(2)25(17(3)13-15)37-27-19(26(33)31-38(34,35)24-7-5-6-23(28)30-24)9-10-20(29-27)18-8-11-22(36-4)21(32)14-18/h5-14,32H,1-4H3,(H2,28,30)(H,31,33). The van der Waals surface area contributed by atoms with Crippen LogP contribution in [0.25, 0.3) is 11.3 Å². The van der Waals surface area contributed by atoms with E-state index in [1.165, 1.54) is 43.5 Å². The third-order valence-electron chi connectivity index (χ3n) is 5.63. The van der Waals surface area contributed by atoms with Gasteiger partial charge in [-0.25, -0.2) is 14.7 Å². The van der Waals surface area contributed by atoms with Crippen molar-refractivity contribution >= 4 is 21.7 Å². The van der Waals surface area contributed by atoms with Crippen LogP contribution in [0.15, 0.2) is 65.7 Å². The number of aromatic nitrogens is 2. The van der Waals surface area contributed by atoms with Crippen molar-refractivity contribution in [2.24, 2.45) is 0 Å². The van der Waals surface area contributed by atoms with Gasteiger partial charge in [-0.05, 0) is 74.4 Å². The monoisotopic (exact) mass is 534 g/mol. The Balaban J connectivity index is 1.79. The fourth-order valence-corrected chi connectivity index (χ4v) is 4.88. The van der Waals surface area contributed by atoms with Gasteiger partial charge in [-0.1, -0.05) is 23.8 Å².